The van der Waals surface area contributed by atoms with Gasteiger partial charge in [0.2, 0.25) is 0 Å². The summed E-state index contributed by atoms with van der Waals surface area (Å²) in [6.07, 6.45) is 0.380. The van der Waals surface area contributed by atoms with Gasteiger partial charge in [-0.2, -0.15) is 0 Å². The maximum absolute atomic E-state index is 13.6. The first-order chi connectivity index (χ1) is 7.70. The molecular weight excluding hydrogens is 277 g/mol. The summed E-state index contributed by atoms with van der Waals surface area (Å²) in [5, 5.41) is 12.5. The first-order valence-corrected chi connectivity index (χ1v) is 5.52. The SMILES string of the molecule is OCCc1cc(-c2ccc(Br)cc2F)no1. The number of aromatic nitrogens is 1. The summed E-state index contributed by atoms with van der Waals surface area (Å²) in [6.45, 7) is -0.0164. The van der Waals surface area contributed by atoms with Gasteiger partial charge in [0, 0.05) is 22.5 Å². The molecule has 0 saturated carbocycles. The molecule has 0 radical (unpaired) electrons. The number of nitrogens with zero attached hydrogens (tertiary/aromatic N) is 1. The van der Waals surface area contributed by atoms with Crippen molar-refractivity contribution in [1.82, 2.24) is 5.16 Å². The van der Waals surface area contributed by atoms with Crippen LogP contribution in [0.15, 0.2) is 33.3 Å². The third kappa shape index (κ3) is 2.31. The zero-order valence-electron chi connectivity index (χ0n) is 8.28. The summed E-state index contributed by atoms with van der Waals surface area (Å²) in [4.78, 5) is 0. The lowest BCUT2D eigenvalue weighted by Crippen LogP contribution is -1.86. The highest BCUT2D eigenvalue weighted by atomic mass is 79.9. The van der Waals surface area contributed by atoms with Gasteiger partial charge < -0.3 is 9.63 Å². The molecule has 1 aromatic carbocycles. The van der Waals surface area contributed by atoms with E-state index in [-0.39, 0.29) is 12.4 Å². The van der Waals surface area contributed by atoms with E-state index in [9.17, 15) is 4.39 Å². The van der Waals surface area contributed by atoms with E-state index in [1.807, 2.05) is 0 Å². The third-order valence-electron chi connectivity index (χ3n) is 2.12. The average molecular weight is 286 g/mol. The fourth-order valence-electron chi connectivity index (χ4n) is 1.37. The standard InChI is InChI=1S/C11H9BrFNO2/c12-7-1-2-9(10(13)5-7)11-6-8(3-4-15)16-14-11/h1-2,5-6,15H,3-4H2. The van der Waals surface area contributed by atoms with E-state index >= 15 is 0 Å². The van der Waals surface area contributed by atoms with Crippen LogP contribution in [0.2, 0.25) is 0 Å². The number of hydrogen-bond donors (Lipinski definition) is 1. The van der Waals surface area contributed by atoms with Gasteiger partial charge in [-0.25, -0.2) is 4.39 Å². The Balaban J connectivity index is 2.35. The van der Waals surface area contributed by atoms with Gasteiger partial charge >= 0.3 is 0 Å². The Labute approximate surface area is 100 Å². The Hall–Kier alpha value is -1.20. The number of rotatable bonds is 3. The summed E-state index contributed by atoms with van der Waals surface area (Å²) in [6, 6.07) is 6.36. The van der Waals surface area contributed by atoms with Crippen LogP contribution in [-0.4, -0.2) is 16.9 Å². The smallest absolute Gasteiger partial charge is 0.139 e. The predicted octanol–water partition coefficient (Wildman–Crippen LogP) is 2.78. The summed E-state index contributed by atoms with van der Waals surface area (Å²) in [5.74, 6) is 0.179. The lowest BCUT2D eigenvalue weighted by atomic mass is 10.1. The molecule has 3 nitrogen and oxygen atoms in total. The topological polar surface area (TPSA) is 46.3 Å². The van der Waals surface area contributed by atoms with Crippen LogP contribution in [0, 0.1) is 5.82 Å². The molecule has 1 heterocycles. The summed E-state index contributed by atoms with van der Waals surface area (Å²) in [7, 11) is 0. The largest absolute Gasteiger partial charge is 0.396 e. The Morgan fingerprint density at radius 3 is 2.88 bits per heavy atom. The van der Waals surface area contributed by atoms with E-state index in [4.69, 9.17) is 9.63 Å². The molecule has 1 N–H and O–H groups in total. The highest BCUT2D eigenvalue weighted by Gasteiger charge is 2.10. The quantitative estimate of drug-likeness (QED) is 0.943. The fourth-order valence-corrected chi connectivity index (χ4v) is 1.70. The maximum Gasteiger partial charge on any atom is 0.139 e. The number of halogens is 2. The van der Waals surface area contributed by atoms with Crippen molar-refractivity contribution in [2.45, 2.75) is 6.42 Å². The molecule has 16 heavy (non-hydrogen) atoms. The van der Waals surface area contributed by atoms with E-state index in [0.29, 0.717) is 27.9 Å². The monoisotopic (exact) mass is 285 g/mol. The second-order valence-corrected chi connectivity index (χ2v) is 4.19. The molecule has 84 valence electrons. The molecule has 0 atom stereocenters. The minimum absolute atomic E-state index is 0.0164. The van der Waals surface area contributed by atoms with E-state index in [1.54, 1.807) is 18.2 Å². The van der Waals surface area contributed by atoms with Crippen molar-refractivity contribution in [3.8, 4) is 11.3 Å². The lowest BCUT2D eigenvalue weighted by molar-refractivity contribution is 0.277. The Bertz CT molecular complexity index is 498. The summed E-state index contributed by atoms with van der Waals surface area (Å²) < 4.78 is 19.2. The Morgan fingerprint density at radius 1 is 1.38 bits per heavy atom. The lowest BCUT2D eigenvalue weighted by Gasteiger charge is -1.98. The van der Waals surface area contributed by atoms with Crippen molar-refractivity contribution in [3.63, 3.8) is 0 Å². The van der Waals surface area contributed by atoms with Crippen molar-refractivity contribution in [1.29, 1.82) is 0 Å². The van der Waals surface area contributed by atoms with Gasteiger partial charge in [0.25, 0.3) is 0 Å². The molecular formula is C11H9BrFNO2. The molecule has 2 rings (SSSR count). The molecule has 0 aliphatic heterocycles. The van der Waals surface area contributed by atoms with E-state index in [1.165, 1.54) is 6.07 Å². The summed E-state index contributed by atoms with van der Waals surface area (Å²) >= 11 is 3.18. The van der Waals surface area contributed by atoms with Gasteiger partial charge in [0.05, 0.1) is 6.61 Å². The van der Waals surface area contributed by atoms with Crippen LogP contribution in [0.4, 0.5) is 4.39 Å². The fraction of sp³-hybridized carbons (Fsp3) is 0.182. The molecule has 0 unspecified atom stereocenters. The van der Waals surface area contributed by atoms with Crippen molar-refractivity contribution in [2.24, 2.45) is 0 Å². The van der Waals surface area contributed by atoms with Crippen molar-refractivity contribution in [3.05, 3.63) is 40.3 Å². The van der Waals surface area contributed by atoms with E-state index in [0.717, 1.165) is 0 Å². The van der Waals surface area contributed by atoms with Crippen LogP contribution in [0.1, 0.15) is 5.76 Å². The zero-order chi connectivity index (χ0) is 11.5. The van der Waals surface area contributed by atoms with Gasteiger partial charge in [-0.3, -0.25) is 0 Å². The highest BCUT2D eigenvalue weighted by molar-refractivity contribution is 9.10. The van der Waals surface area contributed by atoms with Crippen LogP contribution < -0.4 is 0 Å². The van der Waals surface area contributed by atoms with Crippen molar-refractivity contribution in [2.75, 3.05) is 6.61 Å². The molecule has 2 aromatic rings. The molecule has 1 aromatic heterocycles. The molecule has 0 aliphatic carbocycles. The van der Waals surface area contributed by atoms with Gasteiger partial charge in [0.15, 0.2) is 0 Å². The first-order valence-electron chi connectivity index (χ1n) is 4.72. The van der Waals surface area contributed by atoms with Gasteiger partial charge in [-0.1, -0.05) is 21.1 Å². The molecule has 0 fully saturated rings. The minimum Gasteiger partial charge on any atom is -0.396 e. The Kier molecular flexibility index (Phi) is 3.36. The molecule has 0 saturated heterocycles. The van der Waals surface area contributed by atoms with Gasteiger partial charge in [-0.05, 0) is 18.2 Å². The third-order valence-corrected chi connectivity index (χ3v) is 2.62. The molecule has 0 aliphatic rings. The Morgan fingerprint density at radius 2 is 2.19 bits per heavy atom. The van der Waals surface area contributed by atoms with E-state index in [2.05, 4.69) is 21.1 Å². The second-order valence-electron chi connectivity index (χ2n) is 3.28. The number of benzene rings is 1. The molecule has 0 bridgehead atoms. The molecule has 0 spiro atoms. The minimum atomic E-state index is -0.363. The second kappa shape index (κ2) is 4.76. The molecule has 5 heteroatoms. The van der Waals surface area contributed by atoms with Crippen molar-refractivity contribution >= 4 is 15.9 Å². The normalized spacial score (nSPS) is 10.7. The maximum atomic E-state index is 13.6. The predicted molar refractivity (Wildman–Crippen MR) is 60.4 cm³/mol. The van der Waals surface area contributed by atoms with Gasteiger partial charge in [0.1, 0.15) is 17.3 Å². The first kappa shape index (κ1) is 11.3. The van der Waals surface area contributed by atoms with Crippen LogP contribution in [-0.2, 0) is 6.42 Å². The van der Waals surface area contributed by atoms with Crippen molar-refractivity contribution < 1.29 is 14.0 Å². The number of aliphatic hydroxyl groups is 1. The van der Waals surface area contributed by atoms with Crippen LogP contribution in [0.25, 0.3) is 11.3 Å². The molecule has 0 amide bonds. The van der Waals surface area contributed by atoms with E-state index < -0.39 is 0 Å². The van der Waals surface area contributed by atoms with Crippen LogP contribution >= 0.6 is 15.9 Å². The number of hydrogen-bond acceptors (Lipinski definition) is 3. The van der Waals surface area contributed by atoms with Crippen LogP contribution in [0.5, 0.6) is 0 Å². The average Bonchev–Trinajstić information content (AvgIpc) is 2.67. The highest BCUT2D eigenvalue weighted by Crippen LogP contribution is 2.25. The van der Waals surface area contributed by atoms with Gasteiger partial charge in [-0.15, -0.1) is 0 Å². The summed E-state index contributed by atoms with van der Waals surface area (Å²) in [5.41, 5.74) is 0.824. The van der Waals surface area contributed by atoms with Crippen LogP contribution in [0.3, 0.4) is 0 Å². The number of aliphatic hydroxyl groups excluding tert-OH is 1. The zero-order valence-corrected chi connectivity index (χ0v) is 9.87.